The first-order valence-electron chi connectivity index (χ1n) is 7.75. The molecule has 3 heteroatoms. The third-order valence-electron chi connectivity index (χ3n) is 4.54. The number of ether oxygens (including phenoxy) is 2. The molecule has 0 aliphatic carbocycles. The van der Waals surface area contributed by atoms with Crippen LogP contribution in [-0.2, 0) is 13.0 Å². The van der Waals surface area contributed by atoms with E-state index in [0.29, 0.717) is 6.04 Å². The van der Waals surface area contributed by atoms with Crippen LogP contribution in [0.5, 0.6) is 11.5 Å². The SMILES string of the molecule is COc1cc2c(cc1OC)[C@H](C)N(Cc1ccccc1)CC2. The zero-order valence-electron chi connectivity index (χ0n) is 13.5. The third kappa shape index (κ3) is 2.81. The molecular formula is C19H23NO2. The van der Waals surface area contributed by atoms with Crippen molar-refractivity contribution in [2.75, 3.05) is 20.8 Å². The van der Waals surface area contributed by atoms with E-state index in [1.807, 2.05) is 0 Å². The summed E-state index contributed by atoms with van der Waals surface area (Å²) in [5, 5.41) is 0. The molecule has 0 N–H and O–H groups in total. The van der Waals surface area contributed by atoms with E-state index in [4.69, 9.17) is 9.47 Å². The largest absolute Gasteiger partial charge is 0.493 e. The lowest BCUT2D eigenvalue weighted by Gasteiger charge is -2.35. The molecule has 1 aliphatic rings. The van der Waals surface area contributed by atoms with E-state index in [1.54, 1.807) is 14.2 Å². The van der Waals surface area contributed by atoms with Crippen LogP contribution < -0.4 is 9.47 Å². The van der Waals surface area contributed by atoms with Gasteiger partial charge in [-0.1, -0.05) is 30.3 Å². The maximum Gasteiger partial charge on any atom is 0.161 e. The van der Waals surface area contributed by atoms with E-state index < -0.39 is 0 Å². The molecule has 0 saturated carbocycles. The van der Waals surface area contributed by atoms with Crippen molar-refractivity contribution < 1.29 is 9.47 Å². The van der Waals surface area contributed by atoms with Gasteiger partial charge in [-0.25, -0.2) is 0 Å². The van der Waals surface area contributed by atoms with E-state index in [-0.39, 0.29) is 0 Å². The maximum absolute atomic E-state index is 5.46. The van der Waals surface area contributed by atoms with Crippen LogP contribution in [0.1, 0.15) is 29.7 Å². The highest BCUT2D eigenvalue weighted by molar-refractivity contribution is 5.49. The molecule has 0 unspecified atom stereocenters. The Hall–Kier alpha value is -2.00. The van der Waals surface area contributed by atoms with Gasteiger partial charge < -0.3 is 9.47 Å². The molecule has 0 fully saturated rings. The van der Waals surface area contributed by atoms with Gasteiger partial charge in [0.25, 0.3) is 0 Å². The van der Waals surface area contributed by atoms with E-state index in [0.717, 1.165) is 31.0 Å². The van der Waals surface area contributed by atoms with Crippen LogP contribution in [0.3, 0.4) is 0 Å². The van der Waals surface area contributed by atoms with Crippen LogP contribution in [0.2, 0.25) is 0 Å². The second-order valence-corrected chi connectivity index (χ2v) is 5.79. The molecule has 0 radical (unpaired) electrons. The fraction of sp³-hybridized carbons (Fsp3) is 0.368. The molecule has 3 rings (SSSR count). The highest BCUT2D eigenvalue weighted by Gasteiger charge is 2.25. The normalized spacial score (nSPS) is 17.9. The summed E-state index contributed by atoms with van der Waals surface area (Å²) in [6.07, 6.45) is 1.05. The Labute approximate surface area is 132 Å². The van der Waals surface area contributed by atoms with Crippen LogP contribution in [0.25, 0.3) is 0 Å². The smallest absolute Gasteiger partial charge is 0.161 e. The van der Waals surface area contributed by atoms with Gasteiger partial charge in [0, 0.05) is 19.1 Å². The van der Waals surface area contributed by atoms with Crippen LogP contribution in [0.15, 0.2) is 42.5 Å². The average Bonchev–Trinajstić information content (AvgIpc) is 2.57. The first-order valence-corrected chi connectivity index (χ1v) is 7.75. The lowest BCUT2D eigenvalue weighted by molar-refractivity contribution is 0.189. The van der Waals surface area contributed by atoms with Crippen molar-refractivity contribution in [3.63, 3.8) is 0 Å². The van der Waals surface area contributed by atoms with Crippen LogP contribution >= 0.6 is 0 Å². The molecule has 1 atom stereocenters. The standard InChI is InChI=1S/C19H23NO2/c1-14-17-12-19(22-3)18(21-2)11-16(17)9-10-20(14)13-15-7-5-4-6-8-15/h4-8,11-12,14H,9-10,13H2,1-3H3/t14-/m0/s1. The minimum atomic E-state index is 0.378. The van der Waals surface area contributed by atoms with Crippen LogP contribution in [0.4, 0.5) is 0 Å². The lowest BCUT2D eigenvalue weighted by atomic mass is 9.92. The number of hydrogen-bond acceptors (Lipinski definition) is 3. The van der Waals surface area contributed by atoms with Gasteiger partial charge in [0.15, 0.2) is 11.5 Å². The van der Waals surface area contributed by atoms with Crippen molar-refractivity contribution in [3.05, 3.63) is 59.2 Å². The Bertz CT molecular complexity index is 639. The van der Waals surface area contributed by atoms with E-state index >= 15 is 0 Å². The second kappa shape index (κ2) is 6.41. The molecule has 0 amide bonds. The van der Waals surface area contributed by atoms with Crippen molar-refractivity contribution >= 4 is 0 Å². The highest BCUT2D eigenvalue weighted by Crippen LogP contribution is 2.38. The molecule has 0 bridgehead atoms. The highest BCUT2D eigenvalue weighted by atomic mass is 16.5. The zero-order valence-corrected chi connectivity index (χ0v) is 13.5. The van der Waals surface area contributed by atoms with E-state index in [9.17, 15) is 0 Å². The monoisotopic (exact) mass is 297 g/mol. The summed E-state index contributed by atoms with van der Waals surface area (Å²) in [5.41, 5.74) is 4.08. The summed E-state index contributed by atoms with van der Waals surface area (Å²) >= 11 is 0. The van der Waals surface area contributed by atoms with Gasteiger partial charge in [-0.2, -0.15) is 0 Å². The van der Waals surface area contributed by atoms with E-state index in [2.05, 4.69) is 54.3 Å². The van der Waals surface area contributed by atoms with Gasteiger partial charge in [-0.15, -0.1) is 0 Å². The Kier molecular flexibility index (Phi) is 4.34. The summed E-state index contributed by atoms with van der Waals surface area (Å²) in [4.78, 5) is 2.52. The van der Waals surface area contributed by atoms with Gasteiger partial charge in [0.05, 0.1) is 14.2 Å². The van der Waals surface area contributed by atoms with Gasteiger partial charge in [0.1, 0.15) is 0 Å². The third-order valence-corrected chi connectivity index (χ3v) is 4.54. The van der Waals surface area contributed by atoms with E-state index in [1.165, 1.54) is 16.7 Å². The Balaban J connectivity index is 1.87. The number of rotatable bonds is 4. The average molecular weight is 297 g/mol. The summed E-state index contributed by atoms with van der Waals surface area (Å²) in [7, 11) is 3.39. The number of fused-ring (bicyclic) bond motifs is 1. The quantitative estimate of drug-likeness (QED) is 0.856. The number of methoxy groups -OCH3 is 2. The van der Waals surface area contributed by atoms with Crippen LogP contribution in [0, 0.1) is 0 Å². The predicted octanol–water partition coefficient (Wildman–Crippen LogP) is 3.82. The molecule has 1 heterocycles. The Morgan fingerprint density at radius 1 is 1.05 bits per heavy atom. The molecule has 2 aromatic rings. The summed E-state index contributed by atoms with van der Waals surface area (Å²) in [5.74, 6) is 1.64. The molecule has 1 aliphatic heterocycles. The zero-order chi connectivity index (χ0) is 15.5. The maximum atomic E-state index is 5.46. The van der Waals surface area contributed by atoms with Crippen molar-refractivity contribution in [2.45, 2.75) is 25.9 Å². The summed E-state index contributed by atoms with van der Waals surface area (Å²) in [6, 6.07) is 15.3. The molecule has 0 aromatic heterocycles. The van der Waals surface area contributed by atoms with Gasteiger partial charge in [-0.05, 0) is 42.2 Å². The lowest BCUT2D eigenvalue weighted by Crippen LogP contribution is -2.33. The van der Waals surface area contributed by atoms with Crippen molar-refractivity contribution in [1.82, 2.24) is 4.90 Å². The van der Waals surface area contributed by atoms with Crippen molar-refractivity contribution in [3.8, 4) is 11.5 Å². The topological polar surface area (TPSA) is 21.7 Å². The molecule has 3 nitrogen and oxygen atoms in total. The fourth-order valence-electron chi connectivity index (χ4n) is 3.23. The second-order valence-electron chi connectivity index (χ2n) is 5.79. The first kappa shape index (κ1) is 14.9. The molecule has 2 aromatic carbocycles. The Morgan fingerprint density at radius 2 is 1.73 bits per heavy atom. The van der Waals surface area contributed by atoms with Crippen LogP contribution in [-0.4, -0.2) is 25.7 Å². The van der Waals surface area contributed by atoms with Gasteiger partial charge >= 0.3 is 0 Å². The number of hydrogen-bond donors (Lipinski definition) is 0. The summed E-state index contributed by atoms with van der Waals surface area (Å²) < 4.78 is 10.9. The van der Waals surface area contributed by atoms with Gasteiger partial charge in [-0.3, -0.25) is 4.90 Å². The minimum Gasteiger partial charge on any atom is -0.493 e. The van der Waals surface area contributed by atoms with Crippen molar-refractivity contribution in [2.24, 2.45) is 0 Å². The molecule has 116 valence electrons. The van der Waals surface area contributed by atoms with Crippen molar-refractivity contribution in [1.29, 1.82) is 0 Å². The summed E-state index contributed by atoms with van der Waals surface area (Å²) in [6.45, 7) is 4.32. The molecular weight excluding hydrogens is 274 g/mol. The fourth-order valence-corrected chi connectivity index (χ4v) is 3.23. The van der Waals surface area contributed by atoms with Gasteiger partial charge in [0.2, 0.25) is 0 Å². The minimum absolute atomic E-state index is 0.378. The first-order chi connectivity index (χ1) is 10.7. The molecule has 0 saturated heterocycles. The number of nitrogens with zero attached hydrogens (tertiary/aromatic N) is 1. The molecule has 0 spiro atoms. The molecule has 22 heavy (non-hydrogen) atoms. The Morgan fingerprint density at radius 3 is 2.41 bits per heavy atom. The number of benzene rings is 2. The predicted molar refractivity (Wildman–Crippen MR) is 88.5 cm³/mol.